The Hall–Kier alpha value is 0.180. The molecule has 3 heteroatoms. The van der Waals surface area contributed by atoms with Crippen LogP contribution in [0.25, 0.3) is 0 Å². The van der Waals surface area contributed by atoms with Gasteiger partial charge >= 0.3 is 0 Å². The van der Waals surface area contributed by atoms with Gasteiger partial charge in [-0.1, -0.05) is 11.6 Å². The van der Waals surface area contributed by atoms with Crippen molar-refractivity contribution in [3.63, 3.8) is 0 Å². The highest BCUT2D eigenvalue weighted by Gasteiger charge is 1.88. The van der Waals surface area contributed by atoms with Crippen molar-refractivity contribution in [2.45, 2.75) is 5.82 Å². The molecule has 0 saturated carbocycles. The van der Waals surface area contributed by atoms with E-state index in [4.69, 9.17) is 0 Å². The fourth-order valence-corrected chi connectivity index (χ4v) is 0. The van der Waals surface area contributed by atoms with Gasteiger partial charge in [0.05, 0.1) is 0 Å². The van der Waals surface area contributed by atoms with Crippen molar-refractivity contribution in [2.75, 3.05) is 7.11 Å². The van der Waals surface area contributed by atoms with Crippen molar-refractivity contribution in [1.82, 2.24) is 0 Å². The van der Waals surface area contributed by atoms with E-state index in [2.05, 4.69) is 16.3 Å². The predicted molar refractivity (Wildman–Crippen MR) is 17.8 cm³/mol. The standard InChI is InChI=1S/C2H4ClFO/c1-5-2(3)4/h2H,1H3. The summed E-state index contributed by atoms with van der Waals surface area (Å²) in [5, 5.41) is 0. The van der Waals surface area contributed by atoms with E-state index in [-0.39, 0.29) is 0 Å². The number of halogens is 2. The van der Waals surface area contributed by atoms with Crippen LogP contribution in [-0.2, 0) is 4.74 Å². The number of hydrogen-bond acceptors (Lipinski definition) is 1. The van der Waals surface area contributed by atoms with Gasteiger partial charge in [-0.25, -0.2) is 0 Å². The highest BCUT2D eigenvalue weighted by molar-refractivity contribution is 6.18. The molecule has 1 nitrogen and oxygen atoms in total. The lowest BCUT2D eigenvalue weighted by Crippen LogP contribution is -1.87. The average molecular weight is 98.5 g/mol. The molecule has 0 fully saturated rings. The van der Waals surface area contributed by atoms with Gasteiger partial charge in [0, 0.05) is 7.11 Å². The first-order valence-corrected chi connectivity index (χ1v) is 1.52. The maximum atomic E-state index is 11.0. The van der Waals surface area contributed by atoms with Gasteiger partial charge < -0.3 is 4.74 Å². The third-order valence-corrected chi connectivity index (χ3v) is 0.356. The number of methoxy groups -OCH3 is 1. The van der Waals surface area contributed by atoms with Crippen LogP contribution in [0.4, 0.5) is 4.39 Å². The maximum absolute atomic E-state index is 11.0. The van der Waals surface area contributed by atoms with Gasteiger partial charge in [-0.05, 0) is 0 Å². The molecule has 5 heavy (non-hydrogen) atoms. The highest BCUT2D eigenvalue weighted by atomic mass is 35.5. The van der Waals surface area contributed by atoms with Crippen LogP contribution in [0, 0.1) is 0 Å². The van der Waals surface area contributed by atoms with Crippen LogP contribution in [0.5, 0.6) is 0 Å². The molecule has 0 aromatic carbocycles. The van der Waals surface area contributed by atoms with Crippen LogP contribution in [0.3, 0.4) is 0 Å². The van der Waals surface area contributed by atoms with Crippen LogP contribution in [0.15, 0.2) is 0 Å². The van der Waals surface area contributed by atoms with Gasteiger partial charge in [-0.2, -0.15) is 4.39 Å². The lowest BCUT2D eigenvalue weighted by atomic mass is 11.5. The third kappa shape index (κ3) is 4.18. The normalized spacial score (nSPS) is 15.0. The van der Waals surface area contributed by atoms with E-state index in [1.807, 2.05) is 0 Å². The van der Waals surface area contributed by atoms with Gasteiger partial charge in [0.15, 0.2) is 0 Å². The summed E-state index contributed by atoms with van der Waals surface area (Å²) in [6.07, 6.45) is 0. The zero-order valence-electron chi connectivity index (χ0n) is 2.74. The van der Waals surface area contributed by atoms with Crippen LogP contribution < -0.4 is 0 Å². The van der Waals surface area contributed by atoms with Crippen LogP contribution in [0.2, 0.25) is 0 Å². The van der Waals surface area contributed by atoms with Gasteiger partial charge in [0.1, 0.15) is 0 Å². The van der Waals surface area contributed by atoms with Crippen LogP contribution in [-0.4, -0.2) is 12.9 Å². The van der Waals surface area contributed by atoms with E-state index >= 15 is 0 Å². The first-order chi connectivity index (χ1) is 2.27. The van der Waals surface area contributed by atoms with E-state index in [0.717, 1.165) is 0 Å². The number of ether oxygens (including phenoxy) is 1. The predicted octanol–water partition coefficient (Wildman–Crippen LogP) is 1.12. The minimum absolute atomic E-state index is 1.19. The SMILES string of the molecule is COC(F)Cl. The van der Waals surface area contributed by atoms with Crippen molar-refractivity contribution >= 4 is 11.6 Å². The van der Waals surface area contributed by atoms with Crippen molar-refractivity contribution in [3.8, 4) is 0 Å². The van der Waals surface area contributed by atoms with Crippen molar-refractivity contribution < 1.29 is 9.13 Å². The first-order valence-electron chi connectivity index (χ1n) is 1.08. The maximum Gasteiger partial charge on any atom is 0.275 e. The van der Waals surface area contributed by atoms with E-state index < -0.39 is 5.82 Å². The Labute approximate surface area is 34.7 Å². The second-order valence-corrected chi connectivity index (χ2v) is 0.839. The molecule has 0 aromatic rings. The Morgan fingerprint density at radius 2 is 2.20 bits per heavy atom. The molecular weight excluding hydrogens is 94.5 g/mol. The summed E-state index contributed by atoms with van der Waals surface area (Å²) in [5.41, 5.74) is 0. The molecule has 1 atom stereocenters. The van der Waals surface area contributed by atoms with Crippen molar-refractivity contribution in [1.29, 1.82) is 0 Å². The molecule has 0 bridgehead atoms. The smallest absolute Gasteiger partial charge is 0.275 e. The topological polar surface area (TPSA) is 9.23 Å². The second-order valence-electron chi connectivity index (χ2n) is 0.496. The zero-order chi connectivity index (χ0) is 4.28. The summed E-state index contributed by atoms with van der Waals surface area (Å²) >= 11 is 4.57. The van der Waals surface area contributed by atoms with Crippen LogP contribution >= 0.6 is 11.6 Å². The third-order valence-electron chi connectivity index (χ3n) is 0.178. The Kier molecular flexibility index (Phi) is 2.51. The van der Waals surface area contributed by atoms with Gasteiger partial charge in [-0.3, -0.25) is 0 Å². The highest BCUT2D eigenvalue weighted by Crippen LogP contribution is 1.93. The molecule has 0 N–H and O–H groups in total. The van der Waals surface area contributed by atoms with E-state index in [9.17, 15) is 4.39 Å². The number of rotatable bonds is 1. The lowest BCUT2D eigenvalue weighted by molar-refractivity contribution is 0.0639. The second kappa shape index (κ2) is 2.42. The molecule has 32 valence electrons. The molecular formula is C2H4ClFO. The molecule has 0 amide bonds. The Morgan fingerprint density at radius 3 is 2.20 bits per heavy atom. The molecule has 0 heterocycles. The van der Waals surface area contributed by atoms with Crippen molar-refractivity contribution in [3.05, 3.63) is 0 Å². The Balaban J connectivity index is 2.54. The summed E-state index contributed by atoms with van der Waals surface area (Å²) in [4.78, 5) is 0. The minimum atomic E-state index is -1.64. The lowest BCUT2D eigenvalue weighted by Gasteiger charge is -1.87. The first kappa shape index (κ1) is 5.18. The van der Waals surface area contributed by atoms with E-state index in [1.165, 1.54) is 7.11 Å². The fourth-order valence-electron chi connectivity index (χ4n) is 0. The van der Waals surface area contributed by atoms with Gasteiger partial charge in [-0.15, -0.1) is 0 Å². The Bertz CT molecular complexity index is 23.6. The van der Waals surface area contributed by atoms with Gasteiger partial charge in [0.2, 0.25) is 0 Å². The van der Waals surface area contributed by atoms with Gasteiger partial charge in [0.25, 0.3) is 5.82 Å². The molecule has 0 aromatic heterocycles. The molecule has 0 aliphatic heterocycles. The minimum Gasteiger partial charge on any atom is -0.340 e. The molecule has 1 unspecified atom stereocenters. The monoisotopic (exact) mass is 98.0 g/mol. The molecule has 0 radical (unpaired) electrons. The molecule has 0 rings (SSSR count). The molecule has 0 aliphatic rings. The summed E-state index contributed by atoms with van der Waals surface area (Å²) in [6.45, 7) is 0. The molecule has 0 aliphatic carbocycles. The largest absolute Gasteiger partial charge is 0.340 e. The number of hydrogen-bond donors (Lipinski definition) is 0. The summed E-state index contributed by atoms with van der Waals surface area (Å²) < 4.78 is 14.8. The summed E-state index contributed by atoms with van der Waals surface area (Å²) in [6, 6.07) is 0. The summed E-state index contributed by atoms with van der Waals surface area (Å²) in [7, 11) is 1.19. The molecule has 0 spiro atoms. The van der Waals surface area contributed by atoms with E-state index in [1.54, 1.807) is 0 Å². The molecule has 0 saturated heterocycles. The Morgan fingerprint density at radius 1 is 2.00 bits per heavy atom. The van der Waals surface area contributed by atoms with Crippen LogP contribution in [0.1, 0.15) is 0 Å². The number of alkyl halides is 2. The fraction of sp³-hybridized carbons (Fsp3) is 1.00. The zero-order valence-corrected chi connectivity index (χ0v) is 3.50. The quantitative estimate of drug-likeness (QED) is 0.447. The van der Waals surface area contributed by atoms with E-state index in [0.29, 0.717) is 0 Å². The average Bonchev–Trinajstić information content (AvgIpc) is 1.38. The van der Waals surface area contributed by atoms with Crippen molar-refractivity contribution in [2.24, 2.45) is 0 Å². The summed E-state index contributed by atoms with van der Waals surface area (Å²) in [5.74, 6) is -1.64.